The number of aliphatic hydroxyl groups is 1. The SMILES string of the molecule is Cc1ccncc1C(O)c1cc2c(s1)CCSC2. The first-order valence-corrected chi connectivity index (χ1v) is 8.00. The van der Waals surface area contributed by atoms with E-state index < -0.39 is 6.10 Å². The predicted octanol–water partition coefficient (Wildman–Crippen LogP) is 3.32. The lowest BCUT2D eigenvalue weighted by Gasteiger charge is -2.10. The molecule has 0 bridgehead atoms. The molecular weight excluding hydrogens is 262 g/mol. The van der Waals surface area contributed by atoms with Crippen molar-refractivity contribution >= 4 is 23.1 Å². The summed E-state index contributed by atoms with van der Waals surface area (Å²) in [6, 6.07) is 4.12. The van der Waals surface area contributed by atoms with Crippen molar-refractivity contribution in [3.05, 3.63) is 51.0 Å². The van der Waals surface area contributed by atoms with E-state index in [1.54, 1.807) is 23.7 Å². The number of rotatable bonds is 2. The molecule has 0 spiro atoms. The first-order valence-electron chi connectivity index (χ1n) is 6.03. The minimum Gasteiger partial charge on any atom is -0.383 e. The maximum atomic E-state index is 10.5. The minimum atomic E-state index is -0.528. The lowest BCUT2D eigenvalue weighted by molar-refractivity contribution is 0.223. The zero-order valence-corrected chi connectivity index (χ0v) is 11.9. The van der Waals surface area contributed by atoms with Crippen molar-refractivity contribution in [2.75, 3.05) is 5.75 Å². The highest BCUT2D eigenvalue weighted by atomic mass is 32.2. The van der Waals surface area contributed by atoms with Gasteiger partial charge in [0.1, 0.15) is 6.10 Å². The first kappa shape index (κ1) is 12.2. The van der Waals surface area contributed by atoms with Crippen LogP contribution in [0.5, 0.6) is 0 Å². The fourth-order valence-electron chi connectivity index (χ4n) is 2.22. The third-order valence-corrected chi connectivity index (χ3v) is 5.59. The molecule has 2 nitrogen and oxygen atoms in total. The van der Waals surface area contributed by atoms with Gasteiger partial charge in [0, 0.05) is 33.5 Å². The van der Waals surface area contributed by atoms with Crippen molar-refractivity contribution in [1.29, 1.82) is 0 Å². The van der Waals surface area contributed by atoms with Gasteiger partial charge in [0.25, 0.3) is 0 Å². The van der Waals surface area contributed by atoms with Gasteiger partial charge in [-0.05, 0) is 42.4 Å². The summed E-state index contributed by atoms with van der Waals surface area (Å²) >= 11 is 3.73. The van der Waals surface area contributed by atoms with Crippen molar-refractivity contribution in [2.45, 2.75) is 25.2 Å². The van der Waals surface area contributed by atoms with E-state index >= 15 is 0 Å². The zero-order valence-electron chi connectivity index (χ0n) is 10.2. The third kappa shape index (κ3) is 2.20. The summed E-state index contributed by atoms with van der Waals surface area (Å²) < 4.78 is 0. The van der Waals surface area contributed by atoms with Crippen LogP contribution in [-0.2, 0) is 12.2 Å². The molecule has 3 heterocycles. The lowest BCUT2D eigenvalue weighted by Crippen LogP contribution is -2.00. The molecule has 0 fully saturated rings. The lowest BCUT2D eigenvalue weighted by atomic mass is 10.0. The Bertz CT molecular complexity index is 541. The van der Waals surface area contributed by atoms with E-state index in [4.69, 9.17) is 0 Å². The normalized spacial score (nSPS) is 16.3. The summed E-state index contributed by atoms with van der Waals surface area (Å²) in [6.45, 7) is 2.02. The van der Waals surface area contributed by atoms with Crippen LogP contribution in [0.2, 0.25) is 0 Å². The molecule has 0 saturated carbocycles. The fraction of sp³-hybridized carbons (Fsp3) is 0.357. The number of aliphatic hydroxyl groups excluding tert-OH is 1. The van der Waals surface area contributed by atoms with Gasteiger partial charge in [-0.2, -0.15) is 11.8 Å². The second-order valence-corrected chi connectivity index (χ2v) is 6.81. The van der Waals surface area contributed by atoms with Gasteiger partial charge in [-0.1, -0.05) is 0 Å². The number of pyridine rings is 1. The maximum Gasteiger partial charge on any atom is 0.115 e. The van der Waals surface area contributed by atoms with Crippen LogP contribution in [-0.4, -0.2) is 15.8 Å². The molecule has 2 aromatic rings. The minimum absolute atomic E-state index is 0.528. The highest BCUT2D eigenvalue weighted by Crippen LogP contribution is 2.36. The molecule has 1 N–H and O–H groups in total. The molecule has 0 aliphatic carbocycles. The van der Waals surface area contributed by atoms with Crippen LogP contribution < -0.4 is 0 Å². The Morgan fingerprint density at radius 1 is 1.44 bits per heavy atom. The Balaban J connectivity index is 1.95. The molecule has 0 radical (unpaired) electrons. The van der Waals surface area contributed by atoms with Crippen molar-refractivity contribution in [3.8, 4) is 0 Å². The van der Waals surface area contributed by atoms with E-state index in [9.17, 15) is 5.11 Å². The molecule has 1 aliphatic rings. The molecule has 1 atom stereocenters. The number of fused-ring (bicyclic) bond motifs is 1. The molecule has 3 rings (SSSR count). The molecule has 1 unspecified atom stereocenters. The predicted molar refractivity (Wildman–Crippen MR) is 77.2 cm³/mol. The van der Waals surface area contributed by atoms with Crippen LogP contribution >= 0.6 is 23.1 Å². The van der Waals surface area contributed by atoms with E-state index in [1.807, 2.05) is 24.8 Å². The zero-order chi connectivity index (χ0) is 12.5. The molecule has 0 aromatic carbocycles. The summed E-state index contributed by atoms with van der Waals surface area (Å²) in [4.78, 5) is 6.62. The van der Waals surface area contributed by atoms with Crippen LogP contribution in [0.25, 0.3) is 0 Å². The van der Waals surface area contributed by atoms with Crippen molar-refractivity contribution in [2.24, 2.45) is 0 Å². The quantitative estimate of drug-likeness (QED) is 0.914. The molecular formula is C14H15NOS2. The van der Waals surface area contributed by atoms with E-state index in [0.717, 1.165) is 28.2 Å². The smallest absolute Gasteiger partial charge is 0.115 e. The van der Waals surface area contributed by atoms with Crippen molar-refractivity contribution in [3.63, 3.8) is 0 Å². The molecule has 1 aliphatic heterocycles. The van der Waals surface area contributed by atoms with Gasteiger partial charge in [-0.15, -0.1) is 11.3 Å². The highest BCUT2D eigenvalue weighted by Gasteiger charge is 2.20. The monoisotopic (exact) mass is 277 g/mol. The molecule has 0 saturated heterocycles. The van der Waals surface area contributed by atoms with Crippen LogP contribution in [0.4, 0.5) is 0 Å². The Hall–Kier alpha value is -0.840. The Labute approximate surface area is 115 Å². The largest absolute Gasteiger partial charge is 0.383 e. The van der Waals surface area contributed by atoms with Gasteiger partial charge >= 0.3 is 0 Å². The van der Waals surface area contributed by atoms with Crippen LogP contribution in [0.3, 0.4) is 0 Å². The Morgan fingerprint density at radius 3 is 3.11 bits per heavy atom. The summed E-state index contributed by atoms with van der Waals surface area (Å²) in [5, 5.41) is 10.5. The number of hydrogen-bond acceptors (Lipinski definition) is 4. The van der Waals surface area contributed by atoms with E-state index in [-0.39, 0.29) is 0 Å². The Morgan fingerprint density at radius 2 is 2.33 bits per heavy atom. The number of nitrogens with zero attached hydrogens (tertiary/aromatic N) is 1. The standard InChI is InChI=1S/C14H15NOS2/c1-9-2-4-15-7-11(9)14(16)13-6-10-8-17-5-3-12(10)18-13/h2,4,6-7,14,16H,3,5,8H2,1H3. The summed E-state index contributed by atoms with van der Waals surface area (Å²) in [5.41, 5.74) is 3.42. The second-order valence-electron chi connectivity index (χ2n) is 4.53. The Kier molecular flexibility index (Phi) is 3.41. The van der Waals surface area contributed by atoms with Gasteiger partial charge < -0.3 is 5.11 Å². The average molecular weight is 277 g/mol. The van der Waals surface area contributed by atoms with E-state index in [1.165, 1.54) is 16.2 Å². The third-order valence-electron chi connectivity index (χ3n) is 3.29. The molecule has 2 aromatic heterocycles. The van der Waals surface area contributed by atoms with E-state index in [2.05, 4.69) is 11.1 Å². The molecule has 18 heavy (non-hydrogen) atoms. The van der Waals surface area contributed by atoms with Gasteiger partial charge in [0.15, 0.2) is 0 Å². The first-order chi connectivity index (χ1) is 8.75. The fourth-order valence-corrected chi connectivity index (χ4v) is 4.60. The van der Waals surface area contributed by atoms with Crippen LogP contribution in [0.15, 0.2) is 24.5 Å². The van der Waals surface area contributed by atoms with Gasteiger partial charge in [-0.3, -0.25) is 4.98 Å². The number of aryl methyl sites for hydroxylation is 2. The number of hydrogen-bond donors (Lipinski definition) is 1. The van der Waals surface area contributed by atoms with Gasteiger partial charge in [-0.25, -0.2) is 0 Å². The van der Waals surface area contributed by atoms with Crippen molar-refractivity contribution < 1.29 is 5.11 Å². The van der Waals surface area contributed by atoms with Gasteiger partial charge in [0.2, 0.25) is 0 Å². The summed E-state index contributed by atoms with van der Waals surface area (Å²) in [6.07, 6.45) is 4.15. The molecule has 94 valence electrons. The maximum absolute atomic E-state index is 10.5. The topological polar surface area (TPSA) is 33.1 Å². The average Bonchev–Trinajstić information content (AvgIpc) is 2.82. The second kappa shape index (κ2) is 5.03. The highest BCUT2D eigenvalue weighted by molar-refractivity contribution is 7.98. The summed E-state index contributed by atoms with van der Waals surface area (Å²) in [5.74, 6) is 2.29. The van der Waals surface area contributed by atoms with Crippen LogP contribution in [0.1, 0.15) is 32.5 Å². The number of aromatic nitrogens is 1. The molecule has 4 heteroatoms. The molecule has 0 amide bonds. The van der Waals surface area contributed by atoms with Gasteiger partial charge in [0.05, 0.1) is 0 Å². The number of thioether (sulfide) groups is 1. The summed E-state index contributed by atoms with van der Waals surface area (Å²) in [7, 11) is 0. The van der Waals surface area contributed by atoms with E-state index in [0.29, 0.717) is 0 Å². The van der Waals surface area contributed by atoms with Crippen LogP contribution in [0, 0.1) is 6.92 Å². The van der Waals surface area contributed by atoms with Crippen molar-refractivity contribution in [1.82, 2.24) is 4.98 Å². The number of thiophene rings is 1.